The summed E-state index contributed by atoms with van der Waals surface area (Å²) in [6.07, 6.45) is 6.67. The first-order valence-electron chi connectivity index (χ1n) is 7.95. The molecule has 0 bridgehead atoms. The molecule has 1 saturated heterocycles. The van der Waals surface area contributed by atoms with Crippen LogP contribution in [0, 0.1) is 12.3 Å². The predicted octanol–water partition coefficient (Wildman–Crippen LogP) is 0.880. The van der Waals surface area contributed by atoms with Gasteiger partial charge in [0.2, 0.25) is 11.8 Å². The van der Waals surface area contributed by atoms with Crippen LogP contribution in [-0.2, 0) is 9.59 Å². The average Bonchev–Trinajstić information content (AvgIpc) is 2.83. The third kappa shape index (κ3) is 3.11. The third-order valence-electron chi connectivity index (χ3n) is 4.15. The molecule has 3 rings (SSSR count). The van der Waals surface area contributed by atoms with E-state index in [0.29, 0.717) is 25.2 Å². The molecule has 1 atom stereocenters. The lowest BCUT2D eigenvalue weighted by Gasteiger charge is -2.27. The molecule has 1 fully saturated rings. The van der Waals surface area contributed by atoms with Crippen LogP contribution in [0.25, 0.3) is 0 Å². The standard InChI is InChI=1S/C18H16N2O5/c1-2-3-4-9-25-11-5-6-12-13(10-11)18(24)20(17(12)23)14-7-8-15(21)19-16(14)22/h1,5-6,10,14H,3-4,7-9H2,(H,19,21,22). The van der Waals surface area contributed by atoms with E-state index in [9.17, 15) is 19.2 Å². The summed E-state index contributed by atoms with van der Waals surface area (Å²) in [5.41, 5.74) is 0.426. The lowest BCUT2D eigenvalue weighted by atomic mass is 10.0. The minimum atomic E-state index is -0.968. The van der Waals surface area contributed by atoms with Crippen LogP contribution < -0.4 is 10.1 Å². The van der Waals surface area contributed by atoms with E-state index in [1.54, 1.807) is 6.07 Å². The molecular formula is C18H16N2O5. The molecule has 7 nitrogen and oxygen atoms in total. The molecule has 25 heavy (non-hydrogen) atoms. The van der Waals surface area contributed by atoms with Crippen molar-refractivity contribution in [2.24, 2.45) is 0 Å². The van der Waals surface area contributed by atoms with Gasteiger partial charge in [-0.3, -0.25) is 29.4 Å². The number of carbonyl (C=O) groups excluding carboxylic acids is 4. The van der Waals surface area contributed by atoms with Crippen molar-refractivity contribution in [3.8, 4) is 18.1 Å². The predicted molar refractivity (Wildman–Crippen MR) is 86.7 cm³/mol. The number of hydrogen-bond donors (Lipinski definition) is 1. The normalized spacial score (nSPS) is 19.5. The SMILES string of the molecule is C#CCCCOc1ccc2c(c1)C(=O)N(C1CCC(=O)NC1=O)C2=O. The number of terminal acetylenes is 1. The minimum absolute atomic E-state index is 0.0906. The largest absolute Gasteiger partial charge is 0.494 e. The number of piperidine rings is 1. The summed E-state index contributed by atoms with van der Waals surface area (Å²) in [4.78, 5) is 49.3. The van der Waals surface area contributed by atoms with Crippen LogP contribution in [0.1, 0.15) is 46.4 Å². The fourth-order valence-corrected chi connectivity index (χ4v) is 2.90. The van der Waals surface area contributed by atoms with Gasteiger partial charge < -0.3 is 4.74 Å². The monoisotopic (exact) mass is 340 g/mol. The summed E-state index contributed by atoms with van der Waals surface area (Å²) in [7, 11) is 0. The van der Waals surface area contributed by atoms with E-state index in [1.807, 2.05) is 0 Å². The number of imide groups is 2. The summed E-state index contributed by atoms with van der Waals surface area (Å²) in [5, 5.41) is 2.16. The number of hydrogen-bond acceptors (Lipinski definition) is 5. The average molecular weight is 340 g/mol. The first-order valence-corrected chi connectivity index (χ1v) is 7.95. The Bertz CT molecular complexity index is 808. The Morgan fingerprint density at radius 2 is 1.96 bits per heavy atom. The van der Waals surface area contributed by atoms with Crippen LogP contribution >= 0.6 is 0 Å². The summed E-state index contributed by atoms with van der Waals surface area (Å²) in [6.45, 7) is 0.405. The maximum atomic E-state index is 12.6. The number of nitrogens with zero attached hydrogens (tertiary/aromatic N) is 1. The molecule has 0 aromatic heterocycles. The van der Waals surface area contributed by atoms with E-state index in [0.717, 1.165) is 4.90 Å². The molecule has 1 aromatic carbocycles. The number of benzene rings is 1. The molecule has 2 aliphatic rings. The zero-order valence-corrected chi connectivity index (χ0v) is 13.4. The van der Waals surface area contributed by atoms with Gasteiger partial charge >= 0.3 is 0 Å². The van der Waals surface area contributed by atoms with E-state index in [1.165, 1.54) is 12.1 Å². The molecule has 1 aromatic rings. The molecule has 1 unspecified atom stereocenters. The smallest absolute Gasteiger partial charge is 0.262 e. The lowest BCUT2D eigenvalue weighted by Crippen LogP contribution is -2.54. The van der Waals surface area contributed by atoms with E-state index in [-0.39, 0.29) is 24.0 Å². The number of amides is 4. The summed E-state index contributed by atoms with van der Waals surface area (Å²) >= 11 is 0. The number of carbonyl (C=O) groups is 4. The molecule has 0 radical (unpaired) electrons. The summed E-state index contributed by atoms with van der Waals surface area (Å²) < 4.78 is 5.53. The minimum Gasteiger partial charge on any atom is -0.494 e. The van der Waals surface area contributed by atoms with Crippen LogP contribution in [0.4, 0.5) is 0 Å². The highest BCUT2D eigenvalue weighted by Crippen LogP contribution is 2.30. The zero-order valence-electron chi connectivity index (χ0n) is 13.4. The van der Waals surface area contributed by atoms with Gasteiger partial charge in [0.15, 0.2) is 0 Å². The molecule has 7 heteroatoms. The second kappa shape index (κ2) is 6.77. The van der Waals surface area contributed by atoms with Gasteiger partial charge in [-0.25, -0.2) is 0 Å². The highest BCUT2D eigenvalue weighted by molar-refractivity contribution is 6.23. The first-order chi connectivity index (χ1) is 12.0. The number of nitrogens with one attached hydrogen (secondary N) is 1. The van der Waals surface area contributed by atoms with Gasteiger partial charge in [-0.1, -0.05) is 0 Å². The number of ether oxygens (including phenoxy) is 1. The van der Waals surface area contributed by atoms with Crippen molar-refractivity contribution in [1.29, 1.82) is 0 Å². The molecule has 4 amide bonds. The van der Waals surface area contributed by atoms with E-state index in [2.05, 4.69) is 11.2 Å². The van der Waals surface area contributed by atoms with Crippen molar-refractivity contribution in [2.75, 3.05) is 6.61 Å². The highest BCUT2D eigenvalue weighted by Gasteiger charge is 2.44. The molecular weight excluding hydrogens is 324 g/mol. The topological polar surface area (TPSA) is 92.8 Å². The van der Waals surface area contributed by atoms with Crippen LogP contribution in [-0.4, -0.2) is 41.2 Å². The molecule has 128 valence electrons. The molecule has 2 aliphatic heterocycles. The van der Waals surface area contributed by atoms with Gasteiger partial charge in [0, 0.05) is 12.8 Å². The highest BCUT2D eigenvalue weighted by atomic mass is 16.5. The Hall–Kier alpha value is -3.14. The van der Waals surface area contributed by atoms with Gasteiger partial charge in [-0.05, 0) is 31.0 Å². The first kappa shape index (κ1) is 16.7. The van der Waals surface area contributed by atoms with Crippen molar-refractivity contribution in [2.45, 2.75) is 31.7 Å². The van der Waals surface area contributed by atoms with Gasteiger partial charge in [-0.2, -0.15) is 0 Å². The number of unbranched alkanes of at least 4 members (excludes halogenated alkanes) is 1. The van der Waals surface area contributed by atoms with Crippen LogP contribution in [0.3, 0.4) is 0 Å². The summed E-state index contributed by atoms with van der Waals surface area (Å²) in [5.74, 6) is 0.854. The molecule has 2 heterocycles. The Labute approximate surface area is 144 Å². The van der Waals surface area contributed by atoms with E-state index >= 15 is 0 Å². The Kier molecular flexibility index (Phi) is 4.52. The van der Waals surface area contributed by atoms with Crippen LogP contribution in [0.2, 0.25) is 0 Å². The Morgan fingerprint density at radius 3 is 2.68 bits per heavy atom. The van der Waals surface area contributed by atoms with Crippen LogP contribution in [0.15, 0.2) is 18.2 Å². The van der Waals surface area contributed by atoms with Crippen molar-refractivity contribution in [3.63, 3.8) is 0 Å². The quantitative estimate of drug-likeness (QED) is 0.488. The van der Waals surface area contributed by atoms with Gasteiger partial charge in [0.05, 0.1) is 17.7 Å². The Balaban J connectivity index is 1.78. The Morgan fingerprint density at radius 1 is 1.20 bits per heavy atom. The number of rotatable bonds is 5. The fourth-order valence-electron chi connectivity index (χ4n) is 2.90. The lowest BCUT2D eigenvalue weighted by molar-refractivity contribution is -0.136. The van der Waals surface area contributed by atoms with E-state index < -0.39 is 29.7 Å². The second-order valence-electron chi connectivity index (χ2n) is 5.81. The van der Waals surface area contributed by atoms with Gasteiger partial charge in [-0.15, -0.1) is 12.3 Å². The molecule has 0 aliphatic carbocycles. The summed E-state index contributed by atoms with van der Waals surface area (Å²) in [6, 6.07) is 3.65. The van der Waals surface area contributed by atoms with Gasteiger partial charge in [0.1, 0.15) is 11.8 Å². The molecule has 0 saturated carbocycles. The van der Waals surface area contributed by atoms with Crippen molar-refractivity contribution in [1.82, 2.24) is 10.2 Å². The molecule has 0 spiro atoms. The molecule has 1 N–H and O–H groups in total. The zero-order chi connectivity index (χ0) is 18.0. The fraction of sp³-hybridized carbons (Fsp3) is 0.333. The number of fused-ring (bicyclic) bond motifs is 1. The maximum absolute atomic E-state index is 12.6. The third-order valence-corrected chi connectivity index (χ3v) is 4.15. The van der Waals surface area contributed by atoms with Crippen LogP contribution in [0.5, 0.6) is 5.75 Å². The van der Waals surface area contributed by atoms with Crippen molar-refractivity contribution < 1.29 is 23.9 Å². The second-order valence-corrected chi connectivity index (χ2v) is 5.81. The van der Waals surface area contributed by atoms with Crippen molar-refractivity contribution >= 4 is 23.6 Å². The van der Waals surface area contributed by atoms with Crippen molar-refractivity contribution in [3.05, 3.63) is 29.3 Å². The van der Waals surface area contributed by atoms with Gasteiger partial charge in [0.25, 0.3) is 11.8 Å². The van der Waals surface area contributed by atoms with E-state index in [4.69, 9.17) is 11.2 Å². The maximum Gasteiger partial charge on any atom is 0.262 e.